The number of carbonyl (C=O) groups is 1. The number of thiazole rings is 1. The number of rotatable bonds is 7. The Morgan fingerprint density at radius 2 is 1.89 bits per heavy atom. The molecule has 0 aliphatic rings. The van der Waals surface area contributed by atoms with Crippen LogP contribution < -0.4 is 14.5 Å². The van der Waals surface area contributed by atoms with Crippen LogP contribution in [0.15, 0.2) is 42.5 Å². The van der Waals surface area contributed by atoms with Crippen molar-refractivity contribution in [3.8, 4) is 5.75 Å². The molecule has 6 heteroatoms. The number of ether oxygens (including phenoxy) is 1. The molecule has 0 aliphatic carbocycles. The second-order valence-corrected chi connectivity index (χ2v) is 8.58. The lowest BCUT2D eigenvalue weighted by Crippen LogP contribution is -3.06. The normalized spacial score (nSPS) is 11.4. The van der Waals surface area contributed by atoms with Crippen LogP contribution in [0.25, 0.3) is 10.2 Å². The number of fused-ring (bicyclic) bond motifs is 1. The maximum Gasteiger partial charge on any atom is 0.260 e. The van der Waals surface area contributed by atoms with E-state index in [0.29, 0.717) is 12.1 Å². The molecule has 0 saturated carbocycles. The molecule has 28 heavy (non-hydrogen) atoms. The zero-order chi connectivity index (χ0) is 20.3. The van der Waals surface area contributed by atoms with E-state index in [2.05, 4.69) is 33.2 Å². The fraction of sp³-hybridized carbons (Fsp3) is 0.364. The van der Waals surface area contributed by atoms with Crippen molar-refractivity contribution in [2.24, 2.45) is 0 Å². The van der Waals surface area contributed by atoms with Gasteiger partial charge in [0.15, 0.2) is 5.13 Å². The Kier molecular flexibility index (Phi) is 6.31. The van der Waals surface area contributed by atoms with Crippen molar-refractivity contribution in [3.63, 3.8) is 0 Å². The van der Waals surface area contributed by atoms with Crippen LogP contribution in [0.5, 0.6) is 5.75 Å². The molecular weight excluding hydrogens is 370 g/mol. The van der Waals surface area contributed by atoms with Crippen LogP contribution in [0.2, 0.25) is 0 Å². The standard InChI is InChI=1S/C22H27N3O2S/c1-15(2)27-18-9-7-17(8-10-18)21(26)25(13-12-24(4)5)22-23-19-11-6-16(3)14-20(19)28-22/h6-11,14-15H,12-13H2,1-5H3/p+1. The molecule has 0 atom stereocenters. The third-order valence-corrected chi connectivity index (χ3v) is 5.36. The molecule has 0 unspecified atom stereocenters. The van der Waals surface area contributed by atoms with E-state index in [1.807, 2.05) is 44.2 Å². The molecular formula is C22H28N3O2S+. The van der Waals surface area contributed by atoms with Gasteiger partial charge in [-0.1, -0.05) is 17.4 Å². The molecule has 0 saturated heterocycles. The van der Waals surface area contributed by atoms with Gasteiger partial charge in [-0.15, -0.1) is 0 Å². The summed E-state index contributed by atoms with van der Waals surface area (Å²) in [6, 6.07) is 13.5. The molecule has 5 nitrogen and oxygen atoms in total. The first kappa shape index (κ1) is 20.3. The summed E-state index contributed by atoms with van der Waals surface area (Å²) in [5, 5.41) is 0.745. The van der Waals surface area contributed by atoms with Gasteiger partial charge < -0.3 is 9.64 Å². The minimum Gasteiger partial charge on any atom is -0.491 e. The molecule has 3 aromatic rings. The number of hydrogen-bond acceptors (Lipinski definition) is 4. The topological polar surface area (TPSA) is 46.9 Å². The lowest BCUT2D eigenvalue weighted by molar-refractivity contribution is -0.856. The highest BCUT2D eigenvalue weighted by atomic mass is 32.1. The number of amides is 1. The Balaban J connectivity index is 1.90. The fourth-order valence-electron chi connectivity index (χ4n) is 2.86. The lowest BCUT2D eigenvalue weighted by atomic mass is 10.2. The Morgan fingerprint density at radius 1 is 1.18 bits per heavy atom. The van der Waals surface area contributed by atoms with E-state index in [4.69, 9.17) is 9.72 Å². The van der Waals surface area contributed by atoms with E-state index in [0.717, 1.165) is 27.6 Å². The molecule has 2 aromatic carbocycles. The van der Waals surface area contributed by atoms with Gasteiger partial charge in [0.2, 0.25) is 0 Å². The van der Waals surface area contributed by atoms with Crippen LogP contribution in [0.3, 0.4) is 0 Å². The predicted molar refractivity (Wildman–Crippen MR) is 116 cm³/mol. The SMILES string of the molecule is Cc1ccc2nc(N(CC[NH+](C)C)C(=O)c3ccc(OC(C)C)cc3)sc2c1. The van der Waals surface area contributed by atoms with Gasteiger partial charge in [0.05, 0.1) is 43.5 Å². The highest BCUT2D eigenvalue weighted by Crippen LogP contribution is 2.30. The van der Waals surface area contributed by atoms with Crippen LogP contribution in [-0.2, 0) is 0 Å². The largest absolute Gasteiger partial charge is 0.491 e. The van der Waals surface area contributed by atoms with Gasteiger partial charge in [0.1, 0.15) is 5.75 Å². The molecule has 1 aromatic heterocycles. The molecule has 0 spiro atoms. The number of anilines is 1. The minimum absolute atomic E-state index is 0.0341. The molecule has 3 rings (SSSR count). The van der Waals surface area contributed by atoms with Crippen LogP contribution in [-0.4, -0.2) is 44.2 Å². The number of aromatic nitrogens is 1. The Morgan fingerprint density at radius 3 is 2.54 bits per heavy atom. The average molecular weight is 399 g/mol. The maximum absolute atomic E-state index is 13.3. The van der Waals surface area contributed by atoms with Crippen molar-refractivity contribution < 1.29 is 14.4 Å². The molecule has 1 N–H and O–H groups in total. The summed E-state index contributed by atoms with van der Waals surface area (Å²) in [6.07, 6.45) is 0.104. The average Bonchev–Trinajstić information content (AvgIpc) is 3.04. The Labute approximate surface area is 170 Å². The fourth-order valence-corrected chi connectivity index (χ4v) is 3.95. The molecule has 0 aliphatic heterocycles. The smallest absolute Gasteiger partial charge is 0.260 e. The van der Waals surface area contributed by atoms with Crippen molar-refractivity contribution >= 4 is 32.6 Å². The van der Waals surface area contributed by atoms with E-state index in [9.17, 15) is 4.79 Å². The predicted octanol–water partition coefficient (Wildman–Crippen LogP) is 3.18. The van der Waals surface area contributed by atoms with Crippen LogP contribution >= 0.6 is 11.3 Å². The number of quaternary nitrogens is 1. The van der Waals surface area contributed by atoms with E-state index in [1.54, 1.807) is 16.2 Å². The summed E-state index contributed by atoms with van der Waals surface area (Å²) in [6.45, 7) is 7.50. The minimum atomic E-state index is -0.0341. The van der Waals surface area contributed by atoms with Gasteiger partial charge in [-0.2, -0.15) is 0 Å². The first-order valence-corrected chi connectivity index (χ1v) is 10.4. The molecule has 0 radical (unpaired) electrons. The lowest BCUT2D eigenvalue weighted by Gasteiger charge is -2.21. The summed E-state index contributed by atoms with van der Waals surface area (Å²) in [5.74, 6) is 0.736. The molecule has 0 bridgehead atoms. The molecule has 1 heterocycles. The number of likely N-dealkylation sites (N-methyl/N-ethyl adjacent to an activating group) is 1. The van der Waals surface area contributed by atoms with Gasteiger partial charge in [-0.25, -0.2) is 4.98 Å². The van der Waals surface area contributed by atoms with Gasteiger partial charge in [0, 0.05) is 5.56 Å². The number of nitrogens with zero attached hydrogens (tertiary/aromatic N) is 2. The number of carbonyl (C=O) groups excluding carboxylic acids is 1. The monoisotopic (exact) mass is 398 g/mol. The number of hydrogen-bond donors (Lipinski definition) is 1. The molecule has 148 valence electrons. The first-order valence-electron chi connectivity index (χ1n) is 9.58. The maximum atomic E-state index is 13.3. The Bertz CT molecular complexity index is 948. The van der Waals surface area contributed by atoms with Crippen LogP contribution in [0.1, 0.15) is 29.8 Å². The summed E-state index contributed by atoms with van der Waals surface area (Å²) in [4.78, 5) is 21.1. The van der Waals surface area contributed by atoms with Gasteiger partial charge in [0.25, 0.3) is 5.91 Å². The number of aryl methyl sites for hydroxylation is 1. The third-order valence-electron chi connectivity index (χ3n) is 4.32. The number of benzene rings is 2. The summed E-state index contributed by atoms with van der Waals surface area (Å²) in [7, 11) is 4.17. The van der Waals surface area contributed by atoms with Crippen molar-refractivity contribution in [2.45, 2.75) is 26.9 Å². The molecule has 0 fully saturated rings. The van der Waals surface area contributed by atoms with Gasteiger partial charge >= 0.3 is 0 Å². The molecule has 1 amide bonds. The first-order chi connectivity index (χ1) is 13.3. The van der Waals surface area contributed by atoms with Crippen molar-refractivity contribution in [1.29, 1.82) is 0 Å². The van der Waals surface area contributed by atoms with E-state index in [-0.39, 0.29) is 12.0 Å². The quantitative estimate of drug-likeness (QED) is 0.665. The van der Waals surface area contributed by atoms with Crippen molar-refractivity contribution in [3.05, 3.63) is 53.6 Å². The van der Waals surface area contributed by atoms with E-state index in [1.165, 1.54) is 10.5 Å². The summed E-state index contributed by atoms with van der Waals surface area (Å²) >= 11 is 1.57. The van der Waals surface area contributed by atoms with E-state index < -0.39 is 0 Å². The summed E-state index contributed by atoms with van der Waals surface area (Å²) < 4.78 is 6.79. The Hall–Kier alpha value is -2.44. The van der Waals surface area contributed by atoms with Crippen LogP contribution in [0, 0.1) is 6.92 Å². The van der Waals surface area contributed by atoms with Crippen LogP contribution in [0.4, 0.5) is 5.13 Å². The second kappa shape index (κ2) is 8.71. The van der Waals surface area contributed by atoms with E-state index >= 15 is 0 Å². The zero-order valence-electron chi connectivity index (χ0n) is 17.2. The van der Waals surface area contributed by atoms with Crippen molar-refractivity contribution in [1.82, 2.24) is 4.98 Å². The highest BCUT2D eigenvalue weighted by Gasteiger charge is 2.22. The third kappa shape index (κ3) is 4.88. The van der Waals surface area contributed by atoms with Gasteiger partial charge in [-0.05, 0) is 62.7 Å². The highest BCUT2D eigenvalue weighted by molar-refractivity contribution is 7.22. The summed E-state index contributed by atoms with van der Waals surface area (Å²) in [5.41, 5.74) is 2.76. The zero-order valence-corrected chi connectivity index (χ0v) is 18.0. The van der Waals surface area contributed by atoms with Crippen molar-refractivity contribution in [2.75, 3.05) is 32.1 Å². The van der Waals surface area contributed by atoms with Gasteiger partial charge in [-0.3, -0.25) is 9.69 Å². The second-order valence-electron chi connectivity index (χ2n) is 7.57. The number of nitrogens with one attached hydrogen (secondary N) is 1.